The maximum atomic E-state index is 12.0. The summed E-state index contributed by atoms with van der Waals surface area (Å²) in [4.78, 5) is 13.1. The molecule has 5 heteroatoms. The van der Waals surface area contributed by atoms with Crippen LogP contribution in [-0.4, -0.2) is 12.5 Å². The monoisotopic (exact) mass is 363 g/mol. The molecule has 0 aliphatic rings. The molecule has 130 valence electrons. The van der Waals surface area contributed by atoms with Gasteiger partial charge in [-0.15, -0.1) is 11.3 Å². The maximum absolute atomic E-state index is 12.0. The number of benzene rings is 2. The number of carbonyl (C=O) groups is 1. The minimum atomic E-state index is -0.188. The van der Waals surface area contributed by atoms with Crippen molar-refractivity contribution < 1.29 is 13.9 Å². The first-order valence-corrected chi connectivity index (χ1v) is 9.17. The van der Waals surface area contributed by atoms with Crippen LogP contribution >= 0.6 is 11.3 Å². The van der Waals surface area contributed by atoms with Crippen molar-refractivity contribution in [2.75, 3.05) is 6.61 Å². The van der Waals surface area contributed by atoms with E-state index in [0.29, 0.717) is 18.1 Å². The second-order valence-electron chi connectivity index (χ2n) is 5.82. The molecule has 0 saturated heterocycles. The van der Waals surface area contributed by atoms with E-state index in [0.717, 1.165) is 21.4 Å². The van der Waals surface area contributed by atoms with E-state index in [2.05, 4.69) is 5.32 Å². The number of amides is 1. The number of thiophene rings is 1. The highest BCUT2D eigenvalue weighted by atomic mass is 32.1. The van der Waals surface area contributed by atoms with E-state index in [1.165, 1.54) is 0 Å². The Labute approximate surface area is 155 Å². The van der Waals surface area contributed by atoms with E-state index in [1.54, 1.807) is 11.3 Å². The Kier molecular flexibility index (Phi) is 4.71. The molecular formula is C21H17NO3S. The van der Waals surface area contributed by atoms with Crippen molar-refractivity contribution in [2.45, 2.75) is 6.54 Å². The van der Waals surface area contributed by atoms with Gasteiger partial charge in [0.25, 0.3) is 5.91 Å². The van der Waals surface area contributed by atoms with Crippen LogP contribution in [0.3, 0.4) is 0 Å². The lowest BCUT2D eigenvalue weighted by molar-refractivity contribution is -0.123. The van der Waals surface area contributed by atoms with Crippen molar-refractivity contribution in [3.8, 4) is 16.4 Å². The number of carbonyl (C=O) groups excluding carboxylic acids is 1. The number of furan rings is 1. The van der Waals surface area contributed by atoms with Crippen LogP contribution in [0.5, 0.6) is 5.75 Å². The van der Waals surface area contributed by atoms with Gasteiger partial charge in [0.05, 0.1) is 11.4 Å². The van der Waals surface area contributed by atoms with Gasteiger partial charge in [-0.05, 0) is 46.5 Å². The molecule has 2 aromatic carbocycles. The molecular weight excluding hydrogens is 346 g/mol. The minimum absolute atomic E-state index is 0.0309. The molecule has 26 heavy (non-hydrogen) atoms. The summed E-state index contributed by atoms with van der Waals surface area (Å²) in [5, 5.41) is 7.04. The molecule has 0 bridgehead atoms. The van der Waals surface area contributed by atoms with E-state index < -0.39 is 0 Å². The molecule has 4 aromatic rings. The van der Waals surface area contributed by atoms with Gasteiger partial charge in [-0.1, -0.05) is 36.4 Å². The molecule has 0 radical (unpaired) electrons. The van der Waals surface area contributed by atoms with E-state index in [1.807, 2.05) is 72.1 Å². The number of hydrogen-bond acceptors (Lipinski definition) is 4. The Balaban J connectivity index is 1.30. The molecule has 0 fully saturated rings. The van der Waals surface area contributed by atoms with Crippen LogP contribution < -0.4 is 10.1 Å². The van der Waals surface area contributed by atoms with Crippen molar-refractivity contribution in [1.82, 2.24) is 5.32 Å². The van der Waals surface area contributed by atoms with Crippen LogP contribution in [0.1, 0.15) is 5.76 Å². The molecule has 4 nitrogen and oxygen atoms in total. The summed E-state index contributed by atoms with van der Waals surface area (Å²) in [5.74, 6) is 2.02. The summed E-state index contributed by atoms with van der Waals surface area (Å²) in [5.41, 5.74) is 0. The van der Waals surface area contributed by atoms with E-state index in [-0.39, 0.29) is 12.5 Å². The second-order valence-corrected chi connectivity index (χ2v) is 6.77. The molecule has 2 aromatic heterocycles. The Morgan fingerprint density at radius 3 is 2.73 bits per heavy atom. The lowest BCUT2D eigenvalue weighted by Gasteiger charge is -2.07. The average Bonchev–Trinajstić information content (AvgIpc) is 3.36. The summed E-state index contributed by atoms with van der Waals surface area (Å²) in [6.45, 7) is 0.308. The molecule has 0 atom stereocenters. The third kappa shape index (κ3) is 3.78. The first-order chi connectivity index (χ1) is 12.8. The minimum Gasteiger partial charge on any atom is -0.484 e. The van der Waals surface area contributed by atoms with Gasteiger partial charge >= 0.3 is 0 Å². The predicted molar refractivity (Wildman–Crippen MR) is 103 cm³/mol. The first-order valence-electron chi connectivity index (χ1n) is 8.29. The zero-order valence-corrected chi connectivity index (χ0v) is 14.8. The van der Waals surface area contributed by atoms with Gasteiger partial charge in [0.1, 0.15) is 17.3 Å². The number of nitrogens with one attached hydrogen (secondary N) is 1. The van der Waals surface area contributed by atoms with E-state index in [9.17, 15) is 4.79 Å². The zero-order valence-electron chi connectivity index (χ0n) is 14.0. The summed E-state index contributed by atoms with van der Waals surface area (Å²) < 4.78 is 11.3. The maximum Gasteiger partial charge on any atom is 0.258 e. The molecule has 0 spiro atoms. The quantitative estimate of drug-likeness (QED) is 0.532. The molecule has 0 saturated carbocycles. The number of hydrogen-bond donors (Lipinski definition) is 1. The van der Waals surface area contributed by atoms with Gasteiger partial charge in [0.15, 0.2) is 6.61 Å². The highest BCUT2D eigenvalue weighted by Crippen LogP contribution is 2.26. The van der Waals surface area contributed by atoms with Gasteiger partial charge in [-0.3, -0.25) is 4.79 Å². The van der Waals surface area contributed by atoms with Crippen molar-refractivity contribution in [1.29, 1.82) is 0 Å². The lowest BCUT2D eigenvalue weighted by Crippen LogP contribution is -2.28. The SMILES string of the molecule is O=C(COc1ccc2ccccc2c1)NCc1ccc(-c2cccs2)o1. The fourth-order valence-electron chi connectivity index (χ4n) is 2.67. The van der Waals surface area contributed by atoms with Crippen molar-refractivity contribution in [3.05, 3.63) is 77.9 Å². The molecule has 0 aliphatic carbocycles. The number of rotatable bonds is 6. The van der Waals surface area contributed by atoms with Crippen molar-refractivity contribution in [3.63, 3.8) is 0 Å². The van der Waals surface area contributed by atoms with Gasteiger partial charge in [0.2, 0.25) is 0 Å². The third-order valence-corrected chi connectivity index (χ3v) is 4.86. The molecule has 1 amide bonds. The van der Waals surface area contributed by atoms with Gasteiger partial charge < -0.3 is 14.5 Å². The smallest absolute Gasteiger partial charge is 0.258 e. The van der Waals surface area contributed by atoms with E-state index >= 15 is 0 Å². The Morgan fingerprint density at radius 1 is 1.00 bits per heavy atom. The fourth-order valence-corrected chi connectivity index (χ4v) is 3.35. The summed E-state index contributed by atoms with van der Waals surface area (Å²) >= 11 is 1.62. The second kappa shape index (κ2) is 7.45. The van der Waals surface area contributed by atoms with E-state index in [4.69, 9.17) is 9.15 Å². The third-order valence-electron chi connectivity index (χ3n) is 3.98. The molecule has 0 unspecified atom stereocenters. The fraction of sp³-hybridized carbons (Fsp3) is 0.0952. The number of ether oxygens (including phenoxy) is 1. The Hall–Kier alpha value is -3.05. The number of fused-ring (bicyclic) bond motifs is 1. The standard InChI is InChI=1S/C21H17NO3S/c23-21(14-24-17-8-7-15-4-1-2-5-16(15)12-17)22-13-18-9-10-19(25-18)20-6-3-11-26-20/h1-12H,13-14H2,(H,22,23). The van der Waals surface area contributed by atoms with Crippen molar-refractivity contribution in [2.24, 2.45) is 0 Å². The topological polar surface area (TPSA) is 51.5 Å². The molecule has 2 heterocycles. The van der Waals surface area contributed by atoms with Crippen LogP contribution in [0.25, 0.3) is 21.4 Å². The van der Waals surface area contributed by atoms with Crippen LogP contribution in [0.2, 0.25) is 0 Å². The summed E-state index contributed by atoms with van der Waals surface area (Å²) in [7, 11) is 0. The summed E-state index contributed by atoms with van der Waals surface area (Å²) in [6.07, 6.45) is 0. The van der Waals surface area contributed by atoms with Gasteiger partial charge in [0, 0.05) is 0 Å². The highest BCUT2D eigenvalue weighted by molar-refractivity contribution is 7.13. The normalized spacial score (nSPS) is 10.8. The molecule has 1 N–H and O–H groups in total. The first kappa shape index (κ1) is 16.4. The molecule has 0 aliphatic heterocycles. The summed E-state index contributed by atoms with van der Waals surface area (Å²) in [6, 6.07) is 21.6. The Bertz CT molecular complexity index is 1020. The zero-order chi connectivity index (χ0) is 17.8. The highest BCUT2D eigenvalue weighted by Gasteiger charge is 2.08. The van der Waals surface area contributed by atoms with Crippen LogP contribution in [0.4, 0.5) is 0 Å². The van der Waals surface area contributed by atoms with Crippen LogP contribution in [0, 0.1) is 0 Å². The van der Waals surface area contributed by atoms with Crippen LogP contribution in [0.15, 0.2) is 76.5 Å². The Morgan fingerprint density at radius 2 is 1.88 bits per heavy atom. The lowest BCUT2D eigenvalue weighted by atomic mass is 10.1. The van der Waals surface area contributed by atoms with Gasteiger partial charge in [-0.2, -0.15) is 0 Å². The van der Waals surface area contributed by atoms with Gasteiger partial charge in [-0.25, -0.2) is 0 Å². The van der Waals surface area contributed by atoms with Crippen molar-refractivity contribution >= 4 is 28.0 Å². The molecule has 4 rings (SSSR count). The average molecular weight is 363 g/mol. The largest absolute Gasteiger partial charge is 0.484 e. The predicted octanol–water partition coefficient (Wildman–Crippen LogP) is 4.86. The van der Waals surface area contributed by atoms with Crippen LogP contribution in [-0.2, 0) is 11.3 Å².